The van der Waals surface area contributed by atoms with E-state index in [9.17, 15) is 0 Å². The van der Waals surface area contributed by atoms with E-state index in [0.29, 0.717) is 10.9 Å². The summed E-state index contributed by atoms with van der Waals surface area (Å²) in [7, 11) is 1.61. The second kappa shape index (κ2) is 4.27. The summed E-state index contributed by atoms with van der Waals surface area (Å²) in [6.07, 6.45) is 3.13. The number of benzene rings is 1. The van der Waals surface area contributed by atoms with Gasteiger partial charge in [-0.2, -0.15) is 0 Å². The van der Waals surface area contributed by atoms with Gasteiger partial charge in [-0.05, 0) is 23.9 Å². The van der Waals surface area contributed by atoms with Crippen LogP contribution in [0.4, 0.5) is 5.69 Å². The second-order valence-electron chi connectivity index (χ2n) is 2.80. The van der Waals surface area contributed by atoms with Crippen molar-refractivity contribution in [3.63, 3.8) is 0 Å². The largest absolute Gasteiger partial charge is 0.497 e. The van der Waals surface area contributed by atoms with E-state index in [2.05, 4.69) is 4.98 Å². The molecule has 0 saturated carbocycles. The van der Waals surface area contributed by atoms with Crippen molar-refractivity contribution in [2.24, 2.45) is 0 Å². The molecule has 5 heteroatoms. The van der Waals surface area contributed by atoms with Gasteiger partial charge in [-0.1, -0.05) is 0 Å². The fourth-order valence-electron chi connectivity index (χ4n) is 1.10. The number of nitrogens with zero attached hydrogens (tertiary/aromatic N) is 1. The molecular weight excluding hydrogens is 212 g/mol. The van der Waals surface area contributed by atoms with E-state index in [1.807, 2.05) is 12.1 Å². The number of aromatic nitrogens is 1. The number of nitrogen functional groups attached to an aromatic ring is 1. The van der Waals surface area contributed by atoms with E-state index in [-0.39, 0.29) is 0 Å². The van der Waals surface area contributed by atoms with Gasteiger partial charge in [0.05, 0.1) is 13.3 Å². The molecule has 0 atom stereocenters. The monoisotopic (exact) mass is 222 g/mol. The van der Waals surface area contributed by atoms with Crippen LogP contribution in [0.5, 0.6) is 5.75 Å². The first kappa shape index (κ1) is 9.92. The molecule has 0 unspecified atom stereocenters. The average Bonchev–Trinajstić information content (AvgIpc) is 2.74. The molecule has 78 valence electrons. The first-order valence-corrected chi connectivity index (χ1v) is 5.12. The number of hydrogen-bond acceptors (Lipinski definition) is 5. The van der Waals surface area contributed by atoms with Crippen molar-refractivity contribution in [3.05, 3.63) is 30.7 Å². The van der Waals surface area contributed by atoms with E-state index in [1.54, 1.807) is 19.4 Å². The molecule has 0 saturated heterocycles. The highest BCUT2D eigenvalue weighted by atomic mass is 32.2. The average molecular weight is 222 g/mol. The maximum atomic E-state index is 5.84. The van der Waals surface area contributed by atoms with Crippen molar-refractivity contribution in [2.75, 3.05) is 12.8 Å². The molecule has 1 aromatic carbocycles. The summed E-state index contributed by atoms with van der Waals surface area (Å²) in [6.45, 7) is 0. The number of anilines is 1. The molecule has 2 N–H and O–H groups in total. The first-order valence-electron chi connectivity index (χ1n) is 4.30. The van der Waals surface area contributed by atoms with Crippen LogP contribution in [0, 0.1) is 0 Å². The van der Waals surface area contributed by atoms with Crippen molar-refractivity contribution in [1.29, 1.82) is 0 Å². The van der Waals surface area contributed by atoms with Crippen LogP contribution in [0.15, 0.2) is 45.2 Å². The Morgan fingerprint density at radius 2 is 2.33 bits per heavy atom. The summed E-state index contributed by atoms with van der Waals surface area (Å²) in [5.74, 6) is 0.740. The van der Waals surface area contributed by atoms with Gasteiger partial charge in [0.25, 0.3) is 5.22 Å². The van der Waals surface area contributed by atoms with Gasteiger partial charge in [0, 0.05) is 16.6 Å². The summed E-state index contributed by atoms with van der Waals surface area (Å²) >= 11 is 1.38. The lowest BCUT2D eigenvalue weighted by Gasteiger charge is -2.04. The van der Waals surface area contributed by atoms with E-state index in [1.165, 1.54) is 18.0 Å². The topological polar surface area (TPSA) is 61.3 Å². The minimum Gasteiger partial charge on any atom is -0.497 e. The summed E-state index contributed by atoms with van der Waals surface area (Å²) < 4.78 is 10.2. The molecule has 0 radical (unpaired) electrons. The van der Waals surface area contributed by atoms with Crippen LogP contribution in [-0.2, 0) is 0 Å². The number of rotatable bonds is 3. The molecule has 4 nitrogen and oxygen atoms in total. The third-order valence-electron chi connectivity index (χ3n) is 1.82. The summed E-state index contributed by atoms with van der Waals surface area (Å²) in [4.78, 5) is 4.91. The molecule has 0 aliphatic heterocycles. The molecule has 0 aliphatic rings. The maximum absolute atomic E-state index is 5.84. The first-order chi connectivity index (χ1) is 7.29. The zero-order chi connectivity index (χ0) is 10.7. The number of nitrogens with two attached hydrogens (primary N) is 1. The summed E-state index contributed by atoms with van der Waals surface area (Å²) in [6, 6.07) is 5.50. The third kappa shape index (κ3) is 2.24. The smallest absolute Gasteiger partial charge is 0.260 e. The fourth-order valence-corrected chi connectivity index (χ4v) is 1.82. The minimum absolute atomic E-state index is 0.576. The van der Waals surface area contributed by atoms with E-state index < -0.39 is 0 Å². The quantitative estimate of drug-likeness (QED) is 0.808. The number of oxazole rings is 1. The Kier molecular flexibility index (Phi) is 2.82. The molecule has 2 rings (SSSR count). The molecule has 0 bridgehead atoms. The number of hydrogen-bond donors (Lipinski definition) is 1. The molecule has 15 heavy (non-hydrogen) atoms. The molecule has 0 spiro atoms. The van der Waals surface area contributed by atoms with Gasteiger partial charge in [0.2, 0.25) is 0 Å². The minimum atomic E-state index is 0.576. The Morgan fingerprint density at radius 1 is 1.47 bits per heavy atom. The fraction of sp³-hybridized carbons (Fsp3) is 0.100. The van der Waals surface area contributed by atoms with Crippen LogP contribution < -0.4 is 10.5 Å². The highest BCUT2D eigenvalue weighted by Crippen LogP contribution is 2.32. The van der Waals surface area contributed by atoms with E-state index >= 15 is 0 Å². The van der Waals surface area contributed by atoms with Crippen molar-refractivity contribution < 1.29 is 9.15 Å². The Labute approximate surface area is 91.4 Å². The highest BCUT2D eigenvalue weighted by Gasteiger charge is 2.06. The van der Waals surface area contributed by atoms with Crippen molar-refractivity contribution in [3.8, 4) is 5.75 Å². The van der Waals surface area contributed by atoms with Gasteiger partial charge >= 0.3 is 0 Å². The molecule has 0 fully saturated rings. The molecule has 0 aliphatic carbocycles. The van der Waals surface area contributed by atoms with Gasteiger partial charge < -0.3 is 14.9 Å². The zero-order valence-corrected chi connectivity index (χ0v) is 8.95. The van der Waals surface area contributed by atoms with Crippen LogP contribution in [-0.4, -0.2) is 12.1 Å². The van der Waals surface area contributed by atoms with Crippen LogP contribution >= 0.6 is 11.8 Å². The maximum Gasteiger partial charge on any atom is 0.260 e. The SMILES string of the molecule is COc1ccc(Sc2ncco2)c(N)c1. The zero-order valence-electron chi connectivity index (χ0n) is 8.14. The predicted octanol–water partition coefficient (Wildman–Crippen LogP) is 2.42. The van der Waals surface area contributed by atoms with Crippen LogP contribution in [0.2, 0.25) is 0 Å². The van der Waals surface area contributed by atoms with Crippen LogP contribution in [0.1, 0.15) is 0 Å². The van der Waals surface area contributed by atoms with Gasteiger partial charge in [0.1, 0.15) is 12.0 Å². The normalized spacial score (nSPS) is 10.2. The summed E-state index contributed by atoms with van der Waals surface area (Å²) in [5, 5.41) is 0.576. The highest BCUT2D eigenvalue weighted by molar-refractivity contribution is 7.99. The lowest BCUT2D eigenvalue weighted by molar-refractivity contribution is 0.414. The van der Waals surface area contributed by atoms with Gasteiger partial charge in [-0.15, -0.1) is 0 Å². The van der Waals surface area contributed by atoms with Gasteiger partial charge in [-0.3, -0.25) is 0 Å². The third-order valence-corrected chi connectivity index (χ3v) is 2.79. The molecule has 1 aromatic heterocycles. The standard InChI is InChI=1S/C10H10N2O2S/c1-13-7-2-3-9(8(11)6-7)15-10-12-4-5-14-10/h2-6H,11H2,1H3. The number of methoxy groups -OCH3 is 1. The van der Waals surface area contributed by atoms with E-state index in [0.717, 1.165) is 10.6 Å². The molecular formula is C10H10N2O2S. The van der Waals surface area contributed by atoms with Gasteiger partial charge in [0.15, 0.2) is 0 Å². The van der Waals surface area contributed by atoms with Gasteiger partial charge in [-0.25, -0.2) is 4.98 Å². The predicted molar refractivity (Wildman–Crippen MR) is 58.0 cm³/mol. The van der Waals surface area contributed by atoms with Crippen molar-refractivity contribution >= 4 is 17.4 Å². The Morgan fingerprint density at radius 3 is 2.93 bits per heavy atom. The molecule has 2 aromatic rings. The Balaban J connectivity index is 2.22. The van der Waals surface area contributed by atoms with Crippen LogP contribution in [0.3, 0.4) is 0 Å². The molecule has 0 amide bonds. The number of ether oxygens (including phenoxy) is 1. The Hall–Kier alpha value is -1.62. The second-order valence-corrected chi connectivity index (χ2v) is 3.80. The van der Waals surface area contributed by atoms with Crippen molar-refractivity contribution in [1.82, 2.24) is 4.98 Å². The lowest BCUT2D eigenvalue weighted by atomic mass is 10.3. The van der Waals surface area contributed by atoms with E-state index in [4.69, 9.17) is 14.9 Å². The van der Waals surface area contributed by atoms with Crippen LogP contribution in [0.25, 0.3) is 0 Å². The van der Waals surface area contributed by atoms with Crippen molar-refractivity contribution in [2.45, 2.75) is 10.1 Å². The molecule has 1 heterocycles. The lowest BCUT2D eigenvalue weighted by Crippen LogP contribution is -1.90. The Bertz CT molecular complexity index is 443. The summed E-state index contributed by atoms with van der Waals surface area (Å²) in [5.41, 5.74) is 6.49.